The van der Waals surface area contributed by atoms with Crippen LogP contribution in [0.25, 0.3) is 0 Å². The lowest BCUT2D eigenvalue weighted by atomic mass is 10.0. The van der Waals surface area contributed by atoms with E-state index in [-0.39, 0.29) is 6.61 Å². The Morgan fingerprint density at radius 1 is 1.27 bits per heavy atom. The summed E-state index contributed by atoms with van der Waals surface area (Å²) in [7, 11) is 0. The fourth-order valence-electron chi connectivity index (χ4n) is 2.37. The van der Waals surface area contributed by atoms with E-state index in [4.69, 9.17) is 9.47 Å². The third-order valence-corrected chi connectivity index (χ3v) is 3.61. The topological polar surface area (TPSA) is 110 Å². The van der Waals surface area contributed by atoms with Crippen molar-refractivity contribution in [3.8, 4) is 0 Å². The highest BCUT2D eigenvalue weighted by molar-refractivity contribution is 4.93. The van der Waals surface area contributed by atoms with E-state index in [9.17, 15) is 15.3 Å². The van der Waals surface area contributed by atoms with E-state index in [1.807, 2.05) is 6.20 Å². The van der Waals surface area contributed by atoms with Crippen LogP contribution >= 0.6 is 0 Å². The van der Waals surface area contributed by atoms with Gasteiger partial charge in [-0.15, -0.1) is 5.10 Å². The summed E-state index contributed by atoms with van der Waals surface area (Å²) in [6, 6.07) is 0. The normalized spacial score (nSPS) is 32.6. The maximum Gasteiger partial charge on any atom is 0.186 e. The monoisotopic (exact) mass is 315 g/mol. The van der Waals surface area contributed by atoms with Gasteiger partial charge in [0.2, 0.25) is 0 Å². The van der Waals surface area contributed by atoms with Gasteiger partial charge in [-0.3, -0.25) is 0 Å². The molecule has 126 valence electrons. The second kappa shape index (κ2) is 7.47. The minimum atomic E-state index is -1.28. The van der Waals surface area contributed by atoms with Crippen molar-refractivity contribution < 1.29 is 24.8 Å². The number of ether oxygens (including phenoxy) is 2. The average molecular weight is 315 g/mol. The van der Waals surface area contributed by atoms with E-state index in [1.54, 1.807) is 11.6 Å². The standard InChI is InChI=1S/C14H25N3O5/c1-8(2)6-10-7-17(16-15-10)4-5-21-14-13(20)12(19)11(18)9(3)22-14/h7-9,11-14,18-20H,4-6H2,1-3H3/t9?,11-,12?,13?,14-/m1/s1. The van der Waals surface area contributed by atoms with Gasteiger partial charge >= 0.3 is 0 Å². The Hall–Kier alpha value is -1.06. The van der Waals surface area contributed by atoms with Crippen molar-refractivity contribution in [1.29, 1.82) is 0 Å². The third-order valence-electron chi connectivity index (χ3n) is 3.61. The summed E-state index contributed by atoms with van der Waals surface area (Å²) in [6.45, 7) is 6.56. The Morgan fingerprint density at radius 2 is 2.00 bits per heavy atom. The van der Waals surface area contributed by atoms with E-state index in [0.717, 1.165) is 12.1 Å². The van der Waals surface area contributed by atoms with Gasteiger partial charge in [0.1, 0.15) is 18.3 Å². The molecule has 8 nitrogen and oxygen atoms in total. The van der Waals surface area contributed by atoms with Gasteiger partial charge in [-0.1, -0.05) is 19.1 Å². The molecule has 0 radical (unpaired) electrons. The molecular weight excluding hydrogens is 290 g/mol. The van der Waals surface area contributed by atoms with Gasteiger partial charge in [-0.2, -0.15) is 0 Å². The first-order chi connectivity index (χ1) is 10.4. The largest absolute Gasteiger partial charge is 0.388 e. The Balaban J connectivity index is 1.79. The van der Waals surface area contributed by atoms with Crippen LogP contribution < -0.4 is 0 Å². The number of hydrogen-bond donors (Lipinski definition) is 3. The molecule has 1 aromatic rings. The Labute approximate surface area is 129 Å². The highest BCUT2D eigenvalue weighted by atomic mass is 16.7. The van der Waals surface area contributed by atoms with E-state index in [0.29, 0.717) is 12.5 Å². The predicted octanol–water partition coefficient (Wildman–Crippen LogP) is -0.679. The van der Waals surface area contributed by atoms with Gasteiger partial charge in [0.05, 0.1) is 24.9 Å². The number of aliphatic hydroxyl groups excluding tert-OH is 3. The quantitative estimate of drug-likeness (QED) is 0.638. The molecule has 0 aliphatic carbocycles. The highest BCUT2D eigenvalue weighted by Crippen LogP contribution is 2.21. The molecule has 8 heteroatoms. The highest BCUT2D eigenvalue weighted by Gasteiger charge is 2.42. The molecule has 1 saturated heterocycles. The molecule has 1 fully saturated rings. The van der Waals surface area contributed by atoms with Crippen molar-refractivity contribution >= 4 is 0 Å². The number of aromatic nitrogens is 3. The molecule has 0 bridgehead atoms. The first kappa shape index (κ1) is 17.3. The Bertz CT molecular complexity index is 467. The van der Waals surface area contributed by atoms with Crippen molar-refractivity contribution in [2.75, 3.05) is 6.61 Å². The smallest absolute Gasteiger partial charge is 0.186 e. The number of aliphatic hydroxyl groups is 3. The molecule has 2 rings (SSSR count). The molecule has 1 aromatic heterocycles. The van der Waals surface area contributed by atoms with Gasteiger partial charge in [0.15, 0.2) is 6.29 Å². The van der Waals surface area contributed by atoms with Crippen molar-refractivity contribution in [2.45, 2.75) is 64.4 Å². The summed E-state index contributed by atoms with van der Waals surface area (Å²) >= 11 is 0. The van der Waals surface area contributed by atoms with E-state index in [2.05, 4.69) is 24.2 Å². The van der Waals surface area contributed by atoms with E-state index < -0.39 is 30.7 Å². The van der Waals surface area contributed by atoms with Crippen LogP contribution in [0, 0.1) is 5.92 Å². The van der Waals surface area contributed by atoms with Gasteiger partial charge in [-0.25, -0.2) is 4.68 Å². The molecule has 3 unspecified atom stereocenters. The van der Waals surface area contributed by atoms with Crippen LogP contribution in [-0.4, -0.2) is 67.6 Å². The van der Waals surface area contributed by atoms with E-state index >= 15 is 0 Å². The van der Waals surface area contributed by atoms with Gasteiger partial charge in [0, 0.05) is 6.20 Å². The van der Waals surface area contributed by atoms with Crippen LogP contribution in [0.15, 0.2) is 6.20 Å². The first-order valence-corrected chi connectivity index (χ1v) is 7.58. The Kier molecular flexibility index (Phi) is 5.87. The summed E-state index contributed by atoms with van der Waals surface area (Å²) in [5.41, 5.74) is 0.927. The Morgan fingerprint density at radius 3 is 2.68 bits per heavy atom. The van der Waals surface area contributed by atoms with Gasteiger partial charge in [-0.05, 0) is 19.3 Å². The molecular formula is C14H25N3O5. The lowest BCUT2D eigenvalue weighted by Crippen LogP contribution is -2.57. The molecule has 5 atom stereocenters. The number of nitrogens with zero attached hydrogens (tertiary/aromatic N) is 3. The molecule has 3 N–H and O–H groups in total. The molecule has 0 spiro atoms. The average Bonchev–Trinajstić information content (AvgIpc) is 2.88. The van der Waals surface area contributed by atoms with Crippen LogP contribution in [0.1, 0.15) is 26.5 Å². The zero-order valence-corrected chi connectivity index (χ0v) is 13.2. The summed E-state index contributed by atoms with van der Waals surface area (Å²) in [6.07, 6.45) is -2.52. The van der Waals surface area contributed by atoms with Crippen LogP contribution in [0.4, 0.5) is 0 Å². The molecule has 0 amide bonds. The third kappa shape index (κ3) is 4.23. The summed E-state index contributed by atoms with van der Waals surface area (Å²) in [5.74, 6) is 0.515. The summed E-state index contributed by atoms with van der Waals surface area (Å²) < 4.78 is 12.5. The molecule has 0 aromatic carbocycles. The lowest BCUT2D eigenvalue weighted by molar-refractivity contribution is -0.293. The van der Waals surface area contributed by atoms with Crippen LogP contribution in [0.2, 0.25) is 0 Å². The second-order valence-electron chi connectivity index (χ2n) is 6.12. The zero-order chi connectivity index (χ0) is 16.3. The zero-order valence-electron chi connectivity index (χ0n) is 13.2. The predicted molar refractivity (Wildman–Crippen MR) is 76.9 cm³/mol. The molecule has 1 aliphatic heterocycles. The van der Waals surface area contributed by atoms with Crippen molar-refractivity contribution in [2.24, 2.45) is 5.92 Å². The van der Waals surface area contributed by atoms with Crippen LogP contribution in [0.3, 0.4) is 0 Å². The lowest BCUT2D eigenvalue weighted by Gasteiger charge is -2.38. The van der Waals surface area contributed by atoms with Gasteiger partial charge in [0.25, 0.3) is 0 Å². The summed E-state index contributed by atoms with van der Waals surface area (Å²) in [5, 5.41) is 37.2. The molecule has 1 aliphatic rings. The fourth-order valence-corrected chi connectivity index (χ4v) is 2.37. The van der Waals surface area contributed by atoms with Crippen LogP contribution in [-0.2, 0) is 22.4 Å². The SMILES string of the molecule is CC(C)Cc1cn(CCO[C@@H]2OC(C)[C@@H](O)C(O)C2O)nn1. The fraction of sp³-hybridized carbons (Fsp3) is 0.857. The van der Waals surface area contributed by atoms with Crippen molar-refractivity contribution in [1.82, 2.24) is 15.0 Å². The number of hydrogen-bond acceptors (Lipinski definition) is 7. The maximum atomic E-state index is 9.83. The minimum absolute atomic E-state index is 0.252. The van der Waals surface area contributed by atoms with Crippen molar-refractivity contribution in [3.63, 3.8) is 0 Å². The maximum absolute atomic E-state index is 9.83. The minimum Gasteiger partial charge on any atom is -0.388 e. The van der Waals surface area contributed by atoms with Gasteiger partial charge < -0.3 is 24.8 Å². The van der Waals surface area contributed by atoms with E-state index in [1.165, 1.54) is 0 Å². The second-order valence-corrected chi connectivity index (χ2v) is 6.12. The molecule has 22 heavy (non-hydrogen) atoms. The number of rotatable bonds is 6. The van der Waals surface area contributed by atoms with Crippen LogP contribution in [0.5, 0.6) is 0 Å². The molecule has 2 heterocycles. The molecule has 0 saturated carbocycles. The first-order valence-electron chi connectivity index (χ1n) is 7.58. The summed E-state index contributed by atoms with van der Waals surface area (Å²) in [4.78, 5) is 0. The van der Waals surface area contributed by atoms with Crippen molar-refractivity contribution in [3.05, 3.63) is 11.9 Å².